The maximum Gasteiger partial charge on any atom is 0.274 e. The van der Waals surface area contributed by atoms with E-state index in [-0.39, 0.29) is 4.88 Å². The summed E-state index contributed by atoms with van der Waals surface area (Å²) in [6.07, 6.45) is 0.302. The van der Waals surface area contributed by atoms with Gasteiger partial charge in [-0.15, -0.1) is 11.3 Å². The van der Waals surface area contributed by atoms with Crippen LogP contribution in [0.25, 0.3) is 32.6 Å². The molecule has 2 heterocycles. The van der Waals surface area contributed by atoms with Crippen molar-refractivity contribution in [3.05, 3.63) is 75.8 Å². The van der Waals surface area contributed by atoms with Crippen LogP contribution in [0.1, 0.15) is 16.9 Å². The van der Waals surface area contributed by atoms with E-state index >= 15 is 0 Å². The van der Waals surface area contributed by atoms with Gasteiger partial charge in [0.1, 0.15) is 22.3 Å². The predicted octanol–water partition coefficient (Wildman–Crippen LogP) is 7.76. The first kappa shape index (κ1) is 26.8. The fourth-order valence-electron chi connectivity index (χ4n) is 4.19. The molecule has 0 aliphatic carbocycles. The minimum absolute atomic E-state index is 0.0913. The molecule has 7 nitrogen and oxygen atoms in total. The first-order valence-corrected chi connectivity index (χ1v) is 13.3. The Morgan fingerprint density at radius 3 is 2.46 bits per heavy atom. The van der Waals surface area contributed by atoms with Crippen molar-refractivity contribution in [1.29, 1.82) is 0 Å². The Morgan fingerprint density at radius 2 is 1.74 bits per heavy atom. The lowest BCUT2D eigenvalue weighted by Crippen LogP contribution is -2.03. The van der Waals surface area contributed by atoms with Gasteiger partial charge in [0.2, 0.25) is 0 Å². The molecule has 5 aromatic rings. The molecule has 0 bridgehead atoms. The summed E-state index contributed by atoms with van der Waals surface area (Å²) in [5.41, 5.74) is 4.74. The van der Waals surface area contributed by atoms with Gasteiger partial charge >= 0.3 is 0 Å². The van der Waals surface area contributed by atoms with Crippen LogP contribution in [0.15, 0.2) is 65.4 Å². The number of hydrogen-bond acceptors (Lipinski definition) is 8. The van der Waals surface area contributed by atoms with Crippen molar-refractivity contribution in [3.63, 3.8) is 0 Å². The molecule has 0 radical (unpaired) electrons. The Labute approximate surface area is 235 Å². The molecular formula is C28H23BrF2N4O3S. The van der Waals surface area contributed by atoms with Crippen molar-refractivity contribution in [2.75, 3.05) is 26.6 Å². The minimum atomic E-state index is -2.59. The lowest BCUT2D eigenvalue weighted by atomic mass is 9.98. The first-order chi connectivity index (χ1) is 18.9. The Balaban J connectivity index is 1.51. The van der Waals surface area contributed by atoms with E-state index in [0.29, 0.717) is 39.9 Å². The summed E-state index contributed by atoms with van der Waals surface area (Å²) >= 11 is 4.50. The predicted molar refractivity (Wildman–Crippen MR) is 152 cm³/mol. The second kappa shape index (κ2) is 11.5. The Hall–Kier alpha value is -3.83. The SMILES string of the molecule is COc1ccc(CNc2cnnc3cc(-c4cc(Br)c(OC)cc4-c4ncc(C(F)F)s4)ccc23)c(OC)c1. The summed E-state index contributed by atoms with van der Waals surface area (Å²) in [5, 5.41) is 13.3. The standard InChI is InChI=1S/C28H23BrF2N4O3S/c1-36-17-6-4-16(24(9-17)37-2)12-32-23-13-34-35-22-8-15(5-7-18(22)23)19-10-21(29)25(38-3)11-20(19)28-33-14-26(39-28)27(30)31/h4-11,13-14,27H,12H2,1-3H3,(H,32,35). The fraction of sp³-hybridized carbons (Fsp3) is 0.179. The number of thiazole rings is 1. The summed E-state index contributed by atoms with van der Waals surface area (Å²) in [5.74, 6) is 2.00. The van der Waals surface area contributed by atoms with Crippen LogP contribution in [0.3, 0.4) is 0 Å². The van der Waals surface area contributed by atoms with E-state index in [4.69, 9.17) is 14.2 Å². The van der Waals surface area contributed by atoms with Crippen LogP contribution < -0.4 is 19.5 Å². The molecule has 0 aliphatic heterocycles. The number of nitrogens with one attached hydrogen (secondary N) is 1. The molecule has 0 amide bonds. The quantitative estimate of drug-likeness (QED) is 0.182. The van der Waals surface area contributed by atoms with E-state index in [1.807, 2.05) is 42.5 Å². The van der Waals surface area contributed by atoms with Crippen LogP contribution in [-0.2, 0) is 6.54 Å². The van der Waals surface area contributed by atoms with E-state index in [9.17, 15) is 8.78 Å². The van der Waals surface area contributed by atoms with Crippen molar-refractivity contribution in [3.8, 4) is 38.9 Å². The summed E-state index contributed by atoms with van der Waals surface area (Å²) in [4.78, 5) is 4.17. The molecule has 0 unspecified atom stereocenters. The van der Waals surface area contributed by atoms with Gasteiger partial charge in [0.15, 0.2) is 0 Å². The Kier molecular flexibility index (Phi) is 7.89. The molecule has 0 saturated carbocycles. The van der Waals surface area contributed by atoms with E-state index in [2.05, 4.69) is 36.4 Å². The molecule has 0 atom stereocenters. The van der Waals surface area contributed by atoms with E-state index < -0.39 is 6.43 Å². The third kappa shape index (κ3) is 5.50. The van der Waals surface area contributed by atoms with E-state index in [0.717, 1.165) is 43.6 Å². The van der Waals surface area contributed by atoms with Gasteiger partial charge in [0.05, 0.1) is 48.1 Å². The molecule has 1 N–H and O–H groups in total. The van der Waals surface area contributed by atoms with Gasteiger partial charge in [-0.25, -0.2) is 13.8 Å². The Morgan fingerprint density at radius 1 is 0.923 bits per heavy atom. The lowest BCUT2D eigenvalue weighted by molar-refractivity contribution is 0.155. The average Bonchev–Trinajstić information content (AvgIpc) is 3.46. The monoisotopic (exact) mass is 612 g/mol. The lowest BCUT2D eigenvalue weighted by Gasteiger charge is -2.14. The molecule has 5 rings (SSSR count). The number of aromatic nitrogens is 3. The second-order valence-corrected chi connectivity index (χ2v) is 10.3. The van der Waals surface area contributed by atoms with Crippen molar-refractivity contribution in [2.24, 2.45) is 0 Å². The highest BCUT2D eigenvalue weighted by Crippen LogP contribution is 2.42. The zero-order valence-electron chi connectivity index (χ0n) is 21.2. The third-order valence-corrected chi connectivity index (χ3v) is 7.83. The van der Waals surface area contributed by atoms with Crippen molar-refractivity contribution >= 4 is 43.9 Å². The smallest absolute Gasteiger partial charge is 0.274 e. The summed E-state index contributed by atoms with van der Waals surface area (Å²) in [6, 6.07) is 15.2. The molecule has 39 heavy (non-hydrogen) atoms. The number of methoxy groups -OCH3 is 3. The highest BCUT2D eigenvalue weighted by molar-refractivity contribution is 9.10. The number of ether oxygens (including phenoxy) is 3. The van der Waals surface area contributed by atoms with Crippen molar-refractivity contribution in [1.82, 2.24) is 15.2 Å². The van der Waals surface area contributed by atoms with Gasteiger partial charge in [-0.1, -0.05) is 6.07 Å². The zero-order valence-corrected chi connectivity index (χ0v) is 23.6. The molecule has 2 aromatic heterocycles. The van der Waals surface area contributed by atoms with Crippen LogP contribution in [0.5, 0.6) is 17.2 Å². The fourth-order valence-corrected chi connectivity index (χ4v) is 5.50. The van der Waals surface area contributed by atoms with Gasteiger partial charge < -0.3 is 19.5 Å². The maximum atomic E-state index is 13.3. The van der Waals surface area contributed by atoms with Crippen LogP contribution >= 0.6 is 27.3 Å². The molecule has 3 aromatic carbocycles. The number of rotatable bonds is 9. The number of benzene rings is 3. The molecule has 11 heteroatoms. The molecular weight excluding hydrogens is 590 g/mol. The van der Waals surface area contributed by atoms with Crippen molar-refractivity contribution < 1.29 is 23.0 Å². The maximum absolute atomic E-state index is 13.3. The average molecular weight is 613 g/mol. The van der Waals surface area contributed by atoms with E-state index in [1.165, 1.54) is 6.20 Å². The molecule has 0 saturated heterocycles. The van der Waals surface area contributed by atoms with Crippen LogP contribution in [0.4, 0.5) is 14.5 Å². The molecule has 0 spiro atoms. The number of halogens is 3. The normalized spacial score (nSPS) is 11.2. The summed E-state index contributed by atoms with van der Waals surface area (Å²) in [7, 11) is 4.79. The highest BCUT2D eigenvalue weighted by atomic mass is 79.9. The molecule has 200 valence electrons. The summed E-state index contributed by atoms with van der Waals surface area (Å²) in [6.45, 7) is 0.502. The highest BCUT2D eigenvalue weighted by Gasteiger charge is 2.19. The Bertz CT molecular complexity index is 1650. The molecule has 0 fully saturated rings. The number of alkyl halides is 2. The largest absolute Gasteiger partial charge is 0.497 e. The van der Waals surface area contributed by atoms with Gasteiger partial charge in [-0.05, 0) is 63.5 Å². The second-order valence-electron chi connectivity index (χ2n) is 8.42. The third-order valence-electron chi connectivity index (χ3n) is 6.18. The van der Waals surface area contributed by atoms with Crippen LogP contribution in [0, 0.1) is 0 Å². The first-order valence-electron chi connectivity index (χ1n) is 11.7. The van der Waals surface area contributed by atoms with Crippen molar-refractivity contribution in [2.45, 2.75) is 13.0 Å². The number of fused-ring (bicyclic) bond motifs is 1. The van der Waals surface area contributed by atoms with Gasteiger partial charge in [0, 0.05) is 35.3 Å². The zero-order chi connectivity index (χ0) is 27.5. The summed E-state index contributed by atoms with van der Waals surface area (Å²) < 4.78 is 43.6. The number of anilines is 1. The van der Waals surface area contributed by atoms with Gasteiger partial charge in [-0.2, -0.15) is 10.2 Å². The minimum Gasteiger partial charge on any atom is -0.497 e. The topological polar surface area (TPSA) is 78.4 Å². The van der Waals surface area contributed by atoms with E-state index in [1.54, 1.807) is 33.6 Å². The molecule has 0 aliphatic rings. The number of hydrogen-bond donors (Lipinski definition) is 1. The van der Waals surface area contributed by atoms with Gasteiger partial charge in [-0.3, -0.25) is 0 Å². The van der Waals surface area contributed by atoms with Gasteiger partial charge in [0.25, 0.3) is 6.43 Å². The number of nitrogens with zero attached hydrogens (tertiary/aromatic N) is 3. The van der Waals surface area contributed by atoms with Crippen LogP contribution in [-0.4, -0.2) is 36.5 Å². The van der Waals surface area contributed by atoms with Crippen LogP contribution in [0.2, 0.25) is 0 Å².